The van der Waals surface area contributed by atoms with Gasteiger partial charge in [0, 0.05) is 49.1 Å². The van der Waals surface area contributed by atoms with Crippen LogP contribution in [-0.4, -0.2) is 50.6 Å². The SMILES string of the molecule is CC1(C)C[C@@H](CC(=O)N2CCC[C@H](c3[nH]nc4ncccc34)C2)C(=O)O1. The number of H-pyrrole nitrogens is 1. The number of hydrogen-bond acceptors (Lipinski definition) is 5. The lowest BCUT2D eigenvalue weighted by molar-refractivity contribution is -0.150. The van der Waals surface area contributed by atoms with Crippen LogP contribution in [0.1, 0.15) is 51.1 Å². The third-order valence-corrected chi connectivity index (χ3v) is 5.41. The predicted molar refractivity (Wildman–Crippen MR) is 95.3 cm³/mol. The number of aromatic nitrogens is 3. The first-order chi connectivity index (χ1) is 12.4. The van der Waals surface area contributed by atoms with Gasteiger partial charge in [-0.2, -0.15) is 5.10 Å². The van der Waals surface area contributed by atoms with Crippen molar-refractivity contribution in [2.24, 2.45) is 5.92 Å². The molecule has 1 amide bonds. The van der Waals surface area contributed by atoms with Gasteiger partial charge in [-0.3, -0.25) is 14.7 Å². The van der Waals surface area contributed by atoms with E-state index in [0.717, 1.165) is 30.5 Å². The Balaban J connectivity index is 1.45. The fourth-order valence-corrected chi connectivity index (χ4v) is 4.19. The summed E-state index contributed by atoms with van der Waals surface area (Å²) in [5.41, 5.74) is 1.29. The Hall–Kier alpha value is -2.44. The molecule has 0 radical (unpaired) electrons. The molecule has 26 heavy (non-hydrogen) atoms. The number of hydrogen-bond donors (Lipinski definition) is 1. The maximum Gasteiger partial charge on any atom is 0.310 e. The number of amides is 1. The smallest absolute Gasteiger partial charge is 0.310 e. The molecule has 0 aliphatic carbocycles. The summed E-state index contributed by atoms with van der Waals surface area (Å²) < 4.78 is 5.35. The van der Waals surface area contributed by atoms with Gasteiger partial charge in [-0.1, -0.05) is 0 Å². The number of nitrogens with one attached hydrogen (secondary N) is 1. The Bertz CT molecular complexity index is 844. The van der Waals surface area contributed by atoms with Gasteiger partial charge in [0.15, 0.2) is 5.65 Å². The van der Waals surface area contributed by atoms with Crippen LogP contribution in [0.5, 0.6) is 0 Å². The highest BCUT2D eigenvalue weighted by Crippen LogP contribution is 2.34. The van der Waals surface area contributed by atoms with Crippen molar-refractivity contribution >= 4 is 22.9 Å². The van der Waals surface area contributed by atoms with E-state index in [-0.39, 0.29) is 30.1 Å². The molecule has 1 N–H and O–H groups in total. The molecule has 2 atom stereocenters. The van der Waals surface area contributed by atoms with Gasteiger partial charge in [-0.25, -0.2) is 4.98 Å². The fourth-order valence-electron chi connectivity index (χ4n) is 4.19. The van der Waals surface area contributed by atoms with Crippen LogP contribution in [0.25, 0.3) is 11.0 Å². The van der Waals surface area contributed by atoms with Gasteiger partial charge in [-0.05, 0) is 38.8 Å². The number of carbonyl (C=O) groups is 2. The van der Waals surface area contributed by atoms with Crippen molar-refractivity contribution in [3.63, 3.8) is 0 Å². The minimum Gasteiger partial charge on any atom is -0.459 e. The molecule has 7 heteroatoms. The molecule has 7 nitrogen and oxygen atoms in total. The lowest BCUT2D eigenvalue weighted by atomic mass is 9.91. The van der Waals surface area contributed by atoms with Gasteiger partial charge in [0.25, 0.3) is 0 Å². The van der Waals surface area contributed by atoms with Crippen LogP contribution in [-0.2, 0) is 14.3 Å². The normalized spacial score (nSPS) is 25.5. The number of ether oxygens (including phenoxy) is 1. The summed E-state index contributed by atoms with van der Waals surface area (Å²) in [6, 6.07) is 3.92. The minimum absolute atomic E-state index is 0.0382. The molecule has 2 aromatic rings. The van der Waals surface area contributed by atoms with Crippen LogP contribution < -0.4 is 0 Å². The zero-order valence-electron chi connectivity index (χ0n) is 15.2. The highest BCUT2D eigenvalue weighted by molar-refractivity contribution is 5.84. The van der Waals surface area contributed by atoms with E-state index < -0.39 is 5.60 Å². The molecule has 0 bridgehead atoms. The zero-order chi connectivity index (χ0) is 18.3. The van der Waals surface area contributed by atoms with Crippen molar-refractivity contribution in [3.8, 4) is 0 Å². The summed E-state index contributed by atoms with van der Waals surface area (Å²) in [7, 11) is 0. The van der Waals surface area contributed by atoms with Crippen LogP contribution in [0.3, 0.4) is 0 Å². The molecule has 2 aromatic heterocycles. The summed E-state index contributed by atoms with van der Waals surface area (Å²) in [6.07, 6.45) is 4.52. The predicted octanol–water partition coefficient (Wildman–Crippen LogP) is 2.40. The van der Waals surface area contributed by atoms with Crippen LogP contribution in [0.15, 0.2) is 18.3 Å². The van der Waals surface area contributed by atoms with E-state index >= 15 is 0 Å². The summed E-state index contributed by atoms with van der Waals surface area (Å²) in [6.45, 7) is 5.17. The lowest BCUT2D eigenvalue weighted by Crippen LogP contribution is -2.40. The van der Waals surface area contributed by atoms with E-state index in [4.69, 9.17) is 4.74 Å². The fraction of sp³-hybridized carbons (Fsp3) is 0.579. The standard InChI is InChI=1S/C19H24N4O3/c1-19(2)10-13(18(25)26-19)9-15(24)23-8-4-5-12(11-23)16-14-6-3-7-20-17(14)22-21-16/h3,6-7,12-13H,4-5,8-11H2,1-2H3,(H,20,21,22)/t12-,13+/m0/s1. The average molecular weight is 356 g/mol. The first-order valence-corrected chi connectivity index (χ1v) is 9.22. The number of aromatic amines is 1. The van der Waals surface area contributed by atoms with Gasteiger partial charge in [0.05, 0.1) is 5.92 Å². The molecule has 138 valence electrons. The molecule has 2 saturated heterocycles. The quantitative estimate of drug-likeness (QED) is 0.853. The zero-order valence-corrected chi connectivity index (χ0v) is 15.2. The number of pyridine rings is 1. The molecule has 2 aliphatic heterocycles. The maximum absolute atomic E-state index is 12.8. The van der Waals surface area contributed by atoms with Crippen molar-refractivity contribution in [2.45, 2.75) is 51.0 Å². The van der Waals surface area contributed by atoms with Crippen molar-refractivity contribution in [3.05, 3.63) is 24.0 Å². The first kappa shape index (κ1) is 17.0. The van der Waals surface area contributed by atoms with Gasteiger partial charge in [0.1, 0.15) is 5.60 Å². The monoisotopic (exact) mass is 356 g/mol. The van der Waals surface area contributed by atoms with Gasteiger partial charge in [-0.15, -0.1) is 0 Å². The number of fused-ring (bicyclic) bond motifs is 1. The van der Waals surface area contributed by atoms with E-state index in [0.29, 0.717) is 18.6 Å². The average Bonchev–Trinajstić information content (AvgIpc) is 3.15. The highest BCUT2D eigenvalue weighted by Gasteiger charge is 2.41. The Labute approximate surface area is 152 Å². The van der Waals surface area contributed by atoms with Crippen molar-refractivity contribution in [1.29, 1.82) is 0 Å². The lowest BCUT2D eigenvalue weighted by Gasteiger charge is -2.33. The second kappa shape index (κ2) is 6.37. The topological polar surface area (TPSA) is 88.2 Å². The van der Waals surface area contributed by atoms with Crippen LogP contribution in [0, 0.1) is 5.92 Å². The van der Waals surface area contributed by atoms with Crippen molar-refractivity contribution in [1.82, 2.24) is 20.1 Å². The molecular formula is C19H24N4O3. The van der Waals surface area contributed by atoms with Crippen LogP contribution in [0.4, 0.5) is 0 Å². The van der Waals surface area contributed by atoms with Gasteiger partial charge < -0.3 is 9.64 Å². The number of esters is 1. The second-order valence-corrected chi connectivity index (χ2v) is 7.98. The number of piperidine rings is 1. The summed E-state index contributed by atoms with van der Waals surface area (Å²) in [4.78, 5) is 30.9. The number of carbonyl (C=O) groups excluding carboxylic acids is 2. The second-order valence-electron chi connectivity index (χ2n) is 7.98. The van der Waals surface area contributed by atoms with Crippen LogP contribution in [0.2, 0.25) is 0 Å². The summed E-state index contributed by atoms with van der Waals surface area (Å²) >= 11 is 0. The molecule has 0 saturated carbocycles. The molecule has 4 heterocycles. The maximum atomic E-state index is 12.8. The summed E-state index contributed by atoms with van der Waals surface area (Å²) in [5.74, 6) is -0.317. The molecule has 4 rings (SSSR count). The molecule has 2 aliphatic rings. The Morgan fingerprint density at radius 1 is 1.46 bits per heavy atom. The number of cyclic esters (lactones) is 1. The van der Waals surface area contributed by atoms with E-state index in [9.17, 15) is 9.59 Å². The minimum atomic E-state index is -0.464. The Morgan fingerprint density at radius 3 is 3.08 bits per heavy atom. The summed E-state index contributed by atoms with van der Waals surface area (Å²) in [5, 5.41) is 8.40. The molecule has 0 aromatic carbocycles. The molecule has 2 fully saturated rings. The van der Waals surface area contributed by atoms with Crippen molar-refractivity contribution in [2.75, 3.05) is 13.1 Å². The van der Waals surface area contributed by atoms with Gasteiger partial charge >= 0.3 is 5.97 Å². The Morgan fingerprint density at radius 2 is 2.31 bits per heavy atom. The third kappa shape index (κ3) is 3.18. The van der Waals surface area contributed by atoms with E-state index in [1.54, 1.807) is 6.20 Å². The molecule has 0 spiro atoms. The third-order valence-electron chi connectivity index (χ3n) is 5.41. The van der Waals surface area contributed by atoms with Crippen molar-refractivity contribution < 1.29 is 14.3 Å². The number of likely N-dealkylation sites (tertiary alicyclic amines) is 1. The molecular weight excluding hydrogens is 332 g/mol. The number of rotatable bonds is 3. The highest BCUT2D eigenvalue weighted by atomic mass is 16.6. The number of nitrogens with zero attached hydrogens (tertiary/aromatic N) is 3. The van der Waals surface area contributed by atoms with Crippen LogP contribution >= 0.6 is 0 Å². The van der Waals surface area contributed by atoms with Gasteiger partial charge in [0.2, 0.25) is 5.91 Å². The first-order valence-electron chi connectivity index (χ1n) is 9.22. The van der Waals surface area contributed by atoms with E-state index in [1.165, 1.54) is 0 Å². The molecule has 0 unspecified atom stereocenters. The Kier molecular flexibility index (Phi) is 4.17. The largest absolute Gasteiger partial charge is 0.459 e. The van der Waals surface area contributed by atoms with E-state index in [1.807, 2.05) is 30.9 Å². The van der Waals surface area contributed by atoms with E-state index in [2.05, 4.69) is 15.2 Å².